The minimum Gasteiger partial charge on any atom is -0.508 e. The van der Waals surface area contributed by atoms with Gasteiger partial charge in [-0.05, 0) is 91.4 Å². The Labute approximate surface area is 139 Å². The molecule has 0 amide bonds. The quantitative estimate of drug-likeness (QED) is 0.747. The Morgan fingerprint density at radius 2 is 2.00 bits per heavy atom. The number of fused-ring (bicyclic) bond motifs is 5. The number of aromatic hydroxyl groups is 1. The number of phenols is 1. The van der Waals surface area contributed by atoms with Crippen LogP contribution in [0.3, 0.4) is 0 Å². The third kappa shape index (κ3) is 1.97. The molecule has 2 N–H and O–H groups in total. The zero-order valence-corrected chi connectivity index (χ0v) is 14.3. The number of hydrogen-bond donors (Lipinski definition) is 2. The summed E-state index contributed by atoms with van der Waals surface area (Å²) in [5.74, 6) is 1.49. The van der Waals surface area contributed by atoms with Crippen molar-refractivity contribution in [2.75, 3.05) is 0 Å². The molecule has 1 aromatic rings. The van der Waals surface area contributed by atoms with Crippen molar-refractivity contribution in [1.29, 1.82) is 0 Å². The summed E-state index contributed by atoms with van der Waals surface area (Å²) in [7, 11) is 0. The fourth-order valence-corrected chi connectivity index (χ4v) is 6.33. The van der Waals surface area contributed by atoms with Crippen LogP contribution >= 0.6 is 0 Å². The van der Waals surface area contributed by atoms with Crippen LogP contribution in [0.5, 0.6) is 5.75 Å². The highest BCUT2D eigenvalue weighted by molar-refractivity contribution is 5.43. The number of allylic oxidation sites excluding steroid dienone is 2. The van der Waals surface area contributed by atoms with Crippen molar-refractivity contribution < 1.29 is 10.2 Å². The predicted octanol–water partition coefficient (Wildman–Crippen LogP) is 4.56. The average molecular weight is 312 g/mol. The molecule has 5 atom stereocenters. The van der Waals surface area contributed by atoms with Crippen LogP contribution in [0, 0.1) is 16.7 Å². The van der Waals surface area contributed by atoms with Crippen molar-refractivity contribution >= 4 is 0 Å². The lowest BCUT2D eigenvalue weighted by atomic mass is 9.47. The largest absolute Gasteiger partial charge is 0.508 e. The first kappa shape index (κ1) is 15.3. The van der Waals surface area contributed by atoms with E-state index in [1.807, 2.05) is 12.1 Å². The number of aryl methyl sites for hydroxylation is 1. The van der Waals surface area contributed by atoms with Crippen molar-refractivity contribution in [3.05, 3.63) is 41.5 Å². The van der Waals surface area contributed by atoms with Gasteiger partial charge in [0.2, 0.25) is 0 Å². The molecule has 0 heterocycles. The number of aliphatic hydroxyl groups is 1. The summed E-state index contributed by atoms with van der Waals surface area (Å²) >= 11 is 0. The average Bonchev–Trinajstić information content (AvgIpc) is 2.84. The number of phenolic OH excluding ortho intramolecular Hbond substituents is 1. The Kier molecular flexibility index (Phi) is 3.39. The number of rotatable bonds is 1. The first-order valence-corrected chi connectivity index (χ1v) is 9.15. The van der Waals surface area contributed by atoms with Gasteiger partial charge in [-0.25, -0.2) is 0 Å². The molecule has 3 aliphatic rings. The van der Waals surface area contributed by atoms with Crippen LogP contribution in [0.2, 0.25) is 0 Å². The number of benzene rings is 1. The van der Waals surface area contributed by atoms with Crippen molar-refractivity contribution in [2.24, 2.45) is 16.7 Å². The highest BCUT2D eigenvalue weighted by atomic mass is 16.3. The van der Waals surface area contributed by atoms with Crippen LogP contribution in [0.25, 0.3) is 0 Å². The van der Waals surface area contributed by atoms with E-state index < -0.39 is 0 Å². The van der Waals surface area contributed by atoms with Gasteiger partial charge in [0.1, 0.15) is 5.75 Å². The van der Waals surface area contributed by atoms with Crippen LogP contribution in [0.1, 0.15) is 63.0 Å². The van der Waals surface area contributed by atoms with Crippen LogP contribution in [-0.2, 0) is 6.42 Å². The van der Waals surface area contributed by atoms with E-state index in [1.54, 1.807) is 0 Å². The SMILES string of the molecule is CC=C[C@@]12CCc3cc(O)ccc3[C@H]1CC[C@@]1(C)[C@H]2CC[C@@H]1O. The summed E-state index contributed by atoms with van der Waals surface area (Å²) in [6.07, 6.45) is 11.1. The van der Waals surface area contributed by atoms with Crippen molar-refractivity contribution in [1.82, 2.24) is 0 Å². The van der Waals surface area contributed by atoms with Gasteiger partial charge in [-0.1, -0.05) is 25.1 Å². The molecule has 124 valence electrons. The molecule has 2 heteroatoms. The Hall–Kier alpha value is -1.28. The van der Waals surface area contributed by atoms with Crippen LogP contribution in [0.4, 0.5) is 0 Å². The topological polar surface area (TPSA) is 40.5 Å². The molecule has 0 aliphatic heterocycles. The lowest BCUT2D eigenvalue weighted by Gasteiger charge is -2.57. The van der Waals surface area contributed by atoms with Gasteiger partial charge < -0.3 is 10.2 Å². The van der Waals surface area contributed by atoms with E-state index in [1.165, 1.54) is 11.1 Å². The minimum atomic E-state index is -0.142. The third-order valence-electron chi connectivity index (χ3n) is 7.36. The maximum atomic E-state index is 10.6. The van der Waals surface area contributed by atoms with Crippen molar-refractivity contribution in [2.45, 2.75) is 64.4 Å². The molecule has 23 heavy (non-hydrogen) atoms. The molecule has 4 rings (SSSR count). The van der Waals surface area contributed by atoms with E-state index in [0.717, 1.165) is 38.5 Å². The molecule has 1 aromatic carbocycles. The second-order valence-electron chi connectivity index (χ2n) is 8.24. The van der Waals surface area contributed by atoms with E-state index in [9.17, 15) is 10.2 Å². The molecule has 3 aliphatic carbocycles. The van der Waals surface area contributed by atoms with Gasteiger partial charge in [-0.3, -0.25) is 0 Å². The van der Waals surface area contributed by atoms with Crippen molar-refractivity contribution in [3.63, 3.8) is 0 Å². The predicted molar refractivity (Wildman–Crippen MR) is 92.5 cm³/mol. The summed E-state index contributed by atoms with van der Waals surface area (Å²) in [6.45, 7) is 4.46. The highest BCUT2D eigenvalue weighted by Crippen LogP contribution is 2.67. The normalized spacial score (nSPS) is 42.3. The second kappa shape index (κ2) is 5.11. The Morgan fingerprint density at radius 3 is 2.78 bits per heavy atom. The van der Waals surface area contributed by atoms with Crippen LogP contribution < -0.4 is 0 Å². The van der Waals surface area contributed by atoms with E-state index in [0.29, 0.717) is 17.6 Å². The van der Waals surface area contributed by atoms with Gasteiger partial charge in [0.15, 0.2) is 0 Å². The van der Waals surface area contributed by atoms with Crippen molar-refractivity contribution in [3.8, 4) is 5.75 Å². The molecule has 2 fully saturated rings. The molecule has 0 spiro atoms. The molecular weight excluding hydrogens is 284 g/mol. The molecule has 2 nitrogen and oxygen atoms in total. The second-order valence-corrected chi connectivity index (χ2v) is 8.24. The van der Waals surface area contributed by atoms with Crippen LogP contribution in [-0.4, -0.2) is 16.3 Å². The van der Waals surface area contributed by atoms with Gasteiger partial charge >= 0.3 is 0 Å². The summed E-state index contributed by atoms with van der Waals surface area (Å²) in [6, 6.07) is 5.97. The lowest BCUT2D eigenvalue weighted by molar-refractivity contribution is -0.0530. The first-order chi connectivity index (χ1) is 11.0. The Bertz CT molecular complexity index is 649. The van der Waals surface area contributed by atoms with Gasteiger partial charge in [-0.2, -0.15) is 0 Å². The molecular formula is C21H28O2. The zero-order chi connectivity index (χ0) is 16.2. The number of hydrogen-bond acceptors (Lipinski definition) is 2. The van der Waals surface area contributed by atoms with Gasteiger partial charge in [0.05, 0.1) is 6.10 Å². The van der Waals surface area contributed by atoms with Gasteiger partial charge in [-0.15, -0.1) is 0 Å². The molecule has 0 radical (unpaired) electrons. The third-order valence-corrected chi connectivity index (χ3v) is 7.36. The fraction of sp³-hybridized carbons (Fsp3) is 0.619. The summed E-state index contributed by atoms with van der Waals surface area (Å²) < 4.78 is 0. The maximum absolute atomic E-state index is 10.6. The van der Waals surface area contributed by atoms with E-state index in [2.05, 4.69) is 32.1 Å². The molecule has 0 bridgehead atoms. The Balaban J connectivity index is 1.84. The smallest absolute Gasteiger partial charge is 0.115 e. The fourth-order valence-electron chi connectivity index (χ4n) is 6.33. The van der Waals surface area contributed by atoms with E-state index in [4.69, 9.17) is 0 Å². The summed E-state index contributed by atoms with van der Waals surface area (Å²) in [5, 5.41) is 20.5. The Morgan fingerprint density at radius 1 is 1.17 bits per heavy atom. The summed E-state index contributed by atoms with van der Waals surface area (Å²) in [4.78, 5) is 0. The highest BCUT2D eigenvalue weighted by Gasteiger charge is 2.60. The zero-order valence-electron chi connectivity index (χ0n) is 14.3. The van der Waals surface area contributed by atoms with Crippen LogP contribution in [0.15, 0.2) is 30.4 Å². The van der Waals surface area contributed by atoms with Gasteiger partial charge in [0, 0.05) is 0 Å². The molecule has 2 saturated carbocycles. The lowest BCUT2D eigenvalue weighted by Crippen LogP contribution is -2.50. The monoisotopic (exact) mass is 312 g/mol. The minimum absolute atomic E-state index is 0.0738. The molecule has 0 saturated heterocycles. The van der Waals surface area contributed by atoms with E-state index in [-0.39, 0.29) is 16.9 Å². The van der Waals surface area contributed by atoms with E-state index >= 15 is 0 Å². The molecule has 0 unspecified atom stereocenters. The molecule has 0 aromatic heterocycles. The maximum Gasteiger partial charge on any atom is 0.115 e. The first-order valence-electron chi connectivity index (χ1n) is 9.15. The van der Waals surface area contributed by atoms with Gasteiger partial charge in [0.25, 0.3) is 0 Å². The number of aliphatic hydroxyl groups excluding tert-OH is 1. The standard InChI is InChI=1S/C21H28O2/c1-3-10-21-12-8-14-13-15(22)4-5-16(14)17(21)9-11-20(2)18(21)6-7-19(20)23/h3-5,10,13,17-19,22-23H,6-9,11-12H2,1-2H3/t17-,18-,19+,20+,21-/m1/s1. The summed E-state index contributed by atoms with van der Waals surface area (Å²) in [5.41, 5.74) is 3.03.